The van der Waals surface area contributed by atoms with Crippen molar-refractivity contribution in [2.45, 2.75) is 46.2 Å². The van der Waals surface area contributed by atoms with Crippen LogP contribution in [-0.2, 0) is 28.9 Å². The van der Waals surface area contributed by atoms with Gasteiger partial charge in [-0.3, -0.25) is 14.6 Å². The quantitative estimate of drug-likeness (QED) is 0.628. The van der Waals surface area contributed by atoms with Crippen LogP contribution in [0.25, 0.3) is 0 Å². The third-order valence-corrected chi connectivity index (χ3v) is 6.09. The second kappa shape index (κ2) is 12.0. The topological polar surface area (TPSA) is 44.8 Å². The lowest BCUT2D eigenvalue weighted by molar-refractivity contribution is -0.118. The molecule has 3 rings (SSSR count). The van der Waals surface area contributed by atoms with Gasteiger partial charge in [-0.05, 0) is 36.5 Å². The van der Waals surface area contributed by atoms with Crippen LogP contribution in [0.15, 0.2) is 48.5 Å². The first-order valence-corrected chi connectivity index (χ1v) is 11.6. The SMILES string of the molecule is CCc1cccc(CC)c1NC(=O)CN(Cc1ccccc1)C(C)CN1CCOCC1. The Kier molecular flexibility index (Phi) is 9.07. The van der Waals surface area contributed by atoms with E-state index in [9.17, 15) is 4.79 Å². The molecule has 0 spiro atoms. The van der Waals surface area contributed by atoms with Crippen molar-refractivity contribution < 1.29 is 9.53 Å². The average molecular weight is 424 g/mol. The Labute approximate surface area is 187 Å². The molecule has 1 aliphatic heterocycles. The summed E-state index contributed by atoms with van der Waals surface area (Å²) in [4.78, 5) is 17.9. The second-order valence-electron chi connectivity index (χ2n) is 8.36. The summed E-state index contributed by atoms with van der Waals surface area (Å²) in [5.74, 6) is 0.0559. The zero-order valence-corrected chi connectivity index (χ0v) is 19.3. The molecular formula is C26H37N3O2. The Morgan fingerprint density at radius 1 is 1.03 bits per heavy atom. The molecule has 5 heteroatoms. The smallest absolute Gasteiger partial charge is 0.238 e. The summed E-state index contributed by atoms with van der Waals surface area (Å²) in [5.41, 5.74) is 4.62. The summed E-state index contributed by atoms with van der Waals surface area (Å²) in [6, 6.07) is 17.0. The number of aryl methyl sites for hydroxylation is 2. The number of nitrogens with one attached hydrogen (secondary N) is 1. The lowest BCUT2D eigenvalue weighted by Gasteiger charge is -2.35. The second-order valence-corrected chi connectivity index (χ2v) is 8.36. The third kappa shape index (κ3) is 6.89. The summed E-state index contributed by atoms with van der Waals surface area (Å²) in [7, 11) is 0. The number of carbonyl (C=O) groups excluding carboxylic acids is 1. The van der Waals surface area contributed by atoms with Crippen molar-refractivity contribution in [2.75, 3.05) is 44.7 Å². The lowest BCUT2D eigenvalue weighted by atomic mass is 10.0. The maximum absolute atomic E-state index is 13.2. The van der Waals surface area contributed by atoms with Crippen LogP contribution in [0.2, 0.25) is 0 Å². The Balaban J connectivity index is 1.72. The van der Waals surface area contributed by atoms with Crippen molar-refractivity contribution in [3.8, 4) is 0 Å². The van der Waals surface area contributed by atoms with Gasteiger partial charge in [0.05, 0.1) is 19.8 Å². The minimum atomic E-state index is 0.0559. The van der Waals surface area contributed by atoms with E-state index in [1.54, 1.807) is 0 Å². The summed E-state index contributed by atoms with van der Waals surface area (Å²) < 4.78 is 5.49. The molecule has 1 amide bonds. The Morgan fingerprint density at radius 2 is 1.68 bits per heavy atom. The van der Waals surface area contributed by atoms with Crippen LogP contribution in [-0.4, -0.2) is 61.1 Å². The van der Waals surface area contributed by atoms with Gasteiger partial charge in [0, 0.05) is 37.9 Å². The van der Waals surface area contributed by atoms with E-state index in [4.69, 9.17) is 4.74 Å². The van der Waals surface area contributed by atoms with E-state index in [0.717, 1.165) is 57.9 Å². The molecule has 1 saturated heterocycles. The maximum atomic E-state index is 13.2. The molecule has 0 radical (unpaired) electrons. The molecule has 0 saturated carbocycles. The van der Waals surface area contributed by atoms with Gasteiger partial charge in [-0.25, -0.2) is 0 Å². The number of hydrogen-bond acceptors (Lipinski definition) is 4. The van der Waals surface area contributed by atoms with Crippen LogP contribution in [0.4, 0.5) is 5.69 Å². The van der Waals surface area contributed by atoms with E-state index in [0.29, 0.717) is 6.54 Å². The highest BCUT2D eigenvalue weighted by molar-refractivity contribution is 5.93. The number of nitrogens with zero attached hydrogens (tertiary/aromatic N) is 2. The van der Waals surface area contributed by atoms with Crippen molar-refractivity contribution in [3.05, 3.63) is 65.2 Å². The van der Waals surface area contributed by atoms with Gasteiger partial charge in [-0.15, -0.1) is 0 Å². The molecule has 1 unspecified atom stereocenters. The summed E-state index contributed by atoms with van der Waals surface area (Å²) in [6.45, 7) is 12.1. The van der Waals surface area contributed by atoms with Gasteiger partial charge in [0.1, 0.15) is 0 Å². The highest BCUT2D eigenvalue weighted by atomic mass is 16.5. The molecule has 1 heterocycles. The number of para-hydroxylation sites is 1. The lowest BCUT2D eigenvalue weighted by Crippen LogP contribution is -2.48. The highest BCUT2D eigenvalue weighted by Gasteiger charge is 2.22. The number of hydrogen-bond donors (Lipinski definition) is 1. The first kappa shape index (κ1) is 23.5. The molecule has 2 aromatic rings. The van der Waals surface area contributed by atoms with Gasteiger partial charge in [0.25, 0.3) is 0 Å². The number of rotatable bonds is 10. The number of amides is 1. The molecule has 1 fully saturated rings. The van der Waals surface area contributed by atoms with Crippen molar-refractivity contribution in [3.63, 3.8) is 0 Å². The molecule has 5 nitrogen and oxygen atoms in total. The zero-order valence-electron chi connectivity index (χ0n) is 19.3. The zero-order chi connectivity index (χ0) is 22.1. The fourth-order valence-electron chi connectivity index (χ4n) is 4.22. The van der Waals surface area contributed by atoms with Crippen LogP contribution in [0, 0.1) is 0 Å². The molecular weight excluding hydrogens is 386 g/mol. The van der Waals surface area contributed by atoms with E-state index < -0.39 is 0 Å². The van der Waals surface area contributed by atoms with E-state index in [1.807, 2.05) is 6.07 Å². The molecule has 0 aliphatic carbocycles. The van der Waals surface area contributed by atoms with E-state index in [1.165, 1.54) is 16.7 Å². The Bertz CT molecular complexity index is 796. The van der Waals surface area contributed by atoms with Crippen LogP contribution in [0.5, 0.6) is 0 Å². The number of anilines is 1. The monoisotopic (exact) mass is 423 g/mol. The summed E-state index contributed by atoms with van der Waals surface area (Å²) in [6.07, 6.45) is 1.81. The molecule has 168 valence electrons. The Hall–Kier alpha value is -2.21. The molecule has 1 atom stereocenters. The van der Waals surface area contributed by atoms with Crippen molar-refractivity contribution in [1.29, 1.82) is 0 Å². The van der Waals surface area contributed by atoms with Crippen LogP contribution in [0.3, 0.4) is 0 Å². The highest BCUT2D eigenvalue weighted by Crippen LogP contribution is 2.23. The van der Waals surface area contributed by atoms with Crippen molar-refractivity contribution in [1.82, 2.24) is 9.80 Å². The number of morpholine rings is 1. The maximum Gasteiger partial charge on any atom is 0.238 e. The predicted molar refractivity (Wildman–Crippen MR) is 127 cm³/mol. The van der Waals surface area contributed by atoms with Crippen molar-refractivity contribution in [2.24, 2.45) is 0 Å². The number of ether oxygens (including phenoxy) is 1. The van der Waals surface area contributed by atoms with Gasteiger partial charge in [0.2, 0.25) is 5.91 Å². The van der Waals surface area contributed by atoms with Gasteiger partial charge in [0.15, 0.2) is 0 Å². The van der Waals surface area contributed by atoms with Gasteiger partial charge < -0.3 is 10.1 Å². The van der Waals surface area contributed by atoms with Gasteiger partial charge in [-0.2, -0.15) is 0 Å². The first-order valence-electron chi connectivity index (χ1n) is 11.6. The standard InChI is InChI=1S/C26H37N3O2/c1-4-23-12-9-13-24(5-2)26(23)27-25(30)20-29(19-22-10-7-6-8-11-22)21(3)18-28-14-16-31-17-15-28/h6-13,21H,4-5,14-20H2,1-3H3,(H,27,30). The van der Waals surface area contributed by atoms with Crippen LogP contribution in [0.1, 0.15) is 37.5 Å². The van der Waals surface area contributed by atoms with E-state index >= 15 is 0 Å². The molecule has 1 aliphatic rings. The fourth-order valence-corrected chi connectivity index (χ4v) is 4.22. The molecule has 1 N–H and O–H groups in total. The van der Waals surface area contributed by atoms with Gasteiger partial charge in [-0.1, -0.05) is 62.4 Å². The van der Waals surface area contributed by atoms with Crippen molar-refractivity contribution >= 4 is 11.6 Å². The first-order chi connectivity index (χ1) is 15.1. The van der Waals surface area contributed by atoms with Crippen LogP contribution >= 0.6 is 0 Å². The average Bonchev–Trinajstić information content (AvgIpc) is 2.80. The van der Waals surface area contributed by atoms with Crippen LogP contribution < -0.4 is 5.32 Å². The largest absolute Gasteiger partial charge is 0.379 e. The molecule has 31 heavy (non-hydrogen) atoms. The Morgan fingerprint density at radius 3 is 2.29 bits per heavy atom. The van der Waals surface area contributed by atoms with E-state index in [2.05, 4.69) is 78.4 Å². The molecule has 2 aromatic carbocycles. The van der Waals surface area contributed by atoms with E-state index in [-0.39, 0.29) is 11.9 Å². The summed E-state index contributed by atoms with van der Waals surface area (Å²) in [5, 5.41) is 3.24. The summed E-state index contributed by atoms with van der Waals surface area (Å²) >= 11 is 0. The minimum Gasteiger partial charge on any atom is -0.379 e. The third-order valence-electron chi connectivity index (χ3n) is 6.09. The fraction of sp³-hybridized carbons (Fsp3) is 0.500. The van der Waals surface area contributed by atoms with Gasteiger partial charge >= 0.3 is 0 Å². The molecule has 0 aromatic heterocycles. The number of benzene rings is 2. The number of carbonyl (C=O) groups is 1. The normalized spacial score (nSPS) is 15.7. The predicted octanol–water partition coefficient (Wildman–Crippen LogP) is 3.97. The minimum absolute atomic E-state index is 0.0559. The molecule has 0 bridgehead atoms.